The van der Waals surface area contributed by atoms with Crippen molar-refractivity contribution < 1.29 is 14.6 Å². The number of aliphatic hydroxyl groups excluding tert-OH is 1. The lowest BCUT2D eigenvalue weighted by molar-refractivity contribution is -0.129. The number of aliphatic hydroxyl groups is 1. The second-order valence-electron chi connectivity index (χ2n) is 7.60. The smallest absolute Gasteiger partial charge is 0.238 e. The number of nitrogens with zero attached hydrogens (tertiary/aromatic N) is 4. The van der Waals surface area contributed by atoms with Gasteiger partial charge in [0.25, 0.3) is 0 Å². The molecule has 1 aromatic heterocycles. The van der Waals surface area contributed by atoms with E-state index in [9.17, 15) is 5.11 Å². The fourth-order valence-electron chi connectivity index (χ4n) is 3.82. The Labute approximate surface area is 200 Å². The molecule has 2 unspecified atom stereocenters. The Bertz CT molecular complexity index is 1210. The van der Waals surface area contributed by atoms with E-state index in [-0.39, 0.29) is 6.61 Å². The van der Waals surface area contributed by atoms with Crippen molar-refractivity contribution in [1.82, 2.24) is 4.98 Å². The van der Waals surface area contributed by atoms with Gasteiger partial charge >= 0.3 is 0 Å². The molecule has 34 heavy (non-hydrogen) atoms. The van der Waals surface area contributed by atoms with E-state index in [1.807, 2.05) is 39.8 Å². The second kappa shape index (κ2) is 11.3. The summed E-state index contributed by atoms with van der Waals surface area (Å²) in [7, 11) is 0. The lowest BCUT2D eigenvalue weighted by Gasteiger charge is -2.28. The van der Waals surface area contributed by atoms with Crippen LogP contribution in [0.15, 0.2) is 54.7 Å². The van der Waals surface area contributed by atoms with E-state index < -0.39 is 12.5 Å². The van der Waals surface area contributed by atoms with Crippen LogP contribution >= 0.6 is 0 Å². The van der Waals surface area contributed by atoms with Crippen molar-refractivity contribution >= 4 is 5.69 Å². The standard InChI is InChI=1S/C25H22N4O3.C2H6/c1-16-24(31-15-20-5-3-4-19(10-20)12-27)23-17(2)32-25(30)29(14-21(23)13-28-16)22-8-6-18(11-26)7-9-22;1-2/h3-10,13,17,25,30H,14-15H2,1-2H3;1-2H3. The zero-order valence-electron chi connectivity index (χ0n) is 19.8. The third-order valence-electron chi connectivity index (χ3n) is 5.44. The van der Waals surface area contributed by atoms with E-state index in [2.05, 4.69) is 17.1 Å². The molecule has 174 valence electrons. The average molecular weight is 457 g/mol. The van der Waals surface area contributed by atoms with Crippen molar-refractivity contribution in [1.29, 1.82) is 10.5 Å². The number of hydrogen-bond acceptors (Lipinski definition) is 7. The van der Waals surface area contributed by atoms with Crippen LogP contribution < -0.4 is 9.64 Å². The van der Waals surface area contributed by atoms with Crippen molar-refractivity contribution in [3.05, 3.63) is 88.2 Å². The summed E-state index contributed by atoms with van der Waals surface area (Å²) in [6.07, 6.45) is 0.166. The average Bonchev–Trinajstić information content (AvgIpc) is 3.00. The van der Waals surface area contributed by atoms with Gasteiger partial charge in [-0.25, -0.2) is 0 Å². The van der Waals surface area contributed by atoms with Crippen LogP contribution in [0.4, 0.5) is 5.69 Å². The van der Waals surface area contributed by atoms with Crippen molar-refractivity contribution in [3.8, 4) is 17.9 Å². The van der Waals surface area contributed by atoms with Gasteiger partial charge in [-0.1, -0.05) is 26.0 Å². The Kier molecular flexibility index (Phi) is 8.21. The van der Waals surface area contributed by atoms with Gasteiger partial charge in [0.2, 0.25) is 6.41 Å². The quantitative estimate of drug-likeness (QED) is 0.582. The number of rotatable bonds is 4. The Balaban J connectivity index is 0.00000158. The molecular formula is C27H28N4O3. The van der Waals surface area contributed by atoms with Crippen molar-refractivity contribution in [2.24, 2.45) is 0 Å². The van der Waals surface area contributed by atoms with E-state index in [0.29, 0.717) is 23.4 Å². The van der Waals surface area contributed by atoms with Gasteiger partial charge in [0, 0.05) is 24.0 Å². The zero-order valence-corrected chi connectivity index (χ0v) is 19.8. The maximum Gasteiger partial charge on any atom is 0.238 e. The maximum absolute atomic E-state index is 10.7. The monoisotopic (exact) mass is 456 g/mol. The van der Waals surface area contributed by atoms with Gasteiger partial charge in [0.05, 0.1) is 35.1 Å². The second-order valence-corrected chi connectivity index (χ2v) is 7.60. The summed E-state index contributed by atoms with van der Waals surface area (Å²) in [6, 6.07) is 18.5. The molecule has 0 amide bonds. The lowest BCUT2D eigenvalue weighted by atomic mass is 10.0. The molecule has 0 aliphatic carbocycles. The van der Waals surface area contributed by atoms with Gasteiger partial charge in [-0.15, -0.1) is 0 Å². The van der Waals surface area contributed by atoms with Crippen LogP contribution in [-0.4, -0.2) is 16.5 Å². The van der Waals surface area contributed by atoms with Gasteiger partial charge in [-0.3, -0.25) is 4.98 Å². The first-order valence-electron chi connectivity index (χ1n) is 11.2. The molecule has 0 spiro atoms. The number of ether oxygens (including phenoxy) is 2. The summed E-state index contributed by atoms with van der Waals surface area (Å²) in [5, 5.41) is 28.9. The predicted molar refractivity (Wildman–Crippen MR) is 129 cm³/mol. The predicted octanol–water partition coefficient (Wildman–Crippen LogP) is 5.11. The molecule has 1 aliphatic heterocycles. The summed E-state index contributed by atoms with van der Waals surface area (Å²) in [6.45, 7) is 8.38. The number of nitriles is 2. The summed E-state index contributed by atoms with van der Waals surface area (Å²) >= 11 is 0. The molecule has 2 heterocycles. The Morgan fingerprint density at radius 1 is 1.12 bits per heavy atom. The molecule has 3 aromatic rings. The third kappa shape index (κ3) is 5.35. The van der Waals surface area contributed by atoms with E-state index in [0.717, 1.165) is 28.1 Å². The first-order valence-corrected chi connectivity index (χ1v) is 11.2. The van der Waals surface area contributed by atoms with Gasteiger partial charge in [0.15, 0.2) is 0 Å². The number of fused-ring (bicyclic) bond motifs is 1. The minimum absolute atomic E-state index is 0.281. The summed E-state index contributed by atoms with van der Waals surface area (Å²) in [5.41, 5.74) is 5.16. The first kappa shape index (κ1) is 24.7. The fraction of sp³-hybridized carbons (Fsp3) is 0.296. The van der Waals surface area contributed by atoms with Crippen LogP contribution in [-0.2, 0) is 17.9 Å². The molecule has 0 saturated heterocycles. The van der Waals surface area contributed by atoms with Crippen LogP contribution in [0.5, 0.6) is 5.75 Å². The number of pyridine rings is 1. The van der Waals surface area contributed by atoms with Crippen LogP contribution in [0.1, 0.15) is 60.4 Å². The largest absolute Gasteiger partial charge is 0.487 e. The molecule has 0 radical (unpaired) electrons. The third-order valence-corrected chi connectivity index (χ3v) is 5.44. The number of aromatic nitrogens is 1. The number of aryl methyl sites for hydroxylation is 1. The number of anilines is 1. The topological polar surface area (TPSA) is 102 Å². The minimum atomic E-state index is -1.18. The molecule has 4 rings (SSSR count). The van der Waals surface area contributed by atoms with Gasteiger partial charge in [-0.05, 0) is 61.4 Å². The number of hydrogen-bond donors (Lipinski definition) is 1. The van der Waals surface area contributed by atoms with E-state index >= 15 is 0 Å². The molecule has 1 N–H and O–H groups in total. The molecule has 7 nitrogen and oxygen atoms in total. The Morgan fingerprint density at radius 2 is 1.82 bits per heavy atom. The van der Waals surface area contributed by atoms with Crippen molar-refractivity contribution in [3.63, 3.8) is 0 Å². The van der Waals surface area contributed by atoms with E-state index in [4.69, 9.17) is 20.0 Å². The van der Waals surface area contributed by atoms with Crippen LogP contribution in [0.25, 0.3) is 0 Å². The highest BCUT2D eigenvalue weighted by Gasteiger charge is 2.30. The van der Waals surface area contributed by atoms with E-state index in [1.165, 1.54) is 0 Å². The summed E-state index contributed by atoms with van der Waals surface area (Å²) < 4.78 is 12.1. The molecule has 7 heteroatoms. The molecule has 1 aliphatic rings. The lowest BCUT2D eigenvalue weighted by Crippen LogP contribution is -2.35. The maximum atomic E-state index is 10.7. The SMILES string of the molecule is CC.Cc1ncc2c(c1OCc1cccc(C#N)c1)C(C)OC(O)N(c1ccc(C#N)cc1)C2. The molecular weight excluding hydrogens is 428 g/mol. The molecule has 0 bridgehead atoms. The van der Waals surface area contributed by atoms with Crippen LogP contribution in [0, 0.1) is 29.6 Å². The highest BCUT2D eigenvalue weighted by atomic mass is 16.6. The zero-order chi connectivity index (χ0) is 24.7. The molecule has 0 saturated carbocycles. The van der Waals surface area contributed by atoms with Gasteiger partial charge in [0.1, 0.15) is 12.4 Å². The first-order chi connectivity index (χ1) is 16.5. The molecule has 2 atom stereocenters. The van der Waals surface area contributed by atoms with Crippen LogP contribution in [0.3, 0.4) is 0 Å². The summed E-state index contributed by atoms with van der Waals surface area (Å²) in [4.78, 5) is 6.22. The Morgan fingerprint density at radius 3 is 2.50 bits per heavy atom. The fourth-order valence-corrected chi connectivity index (χ4v) is 3.82. The summed E-state index contributed by atoms with van der Waals surface area (Å²) in [5.74, 6) is 0.617. The Hall–Kier alpha value is -3.91. The van der Waals surface area contributed by atoms with E-state index in [1.54, 1.807) is 47.5 Å². The highest BCUT2D eigenvalue weighted by Crippen LogP contribution is 2.38. The molecule has 2 aromatic carbocycles. The minimum Gasteiger partial charge on any atom is -0.487 e. The van der Waals surface area contributed by atoms with Crippen LogP contribution in [0.2, 0.25) is 0 Å². The van der Waals surface area contributed by atoms with Gasteiger partial charge < -0.3 is 19.5 Å². The van der Waals surface area contributed by atoms with Crippen molar-refractivity contribution in [2.45, 2.75) is 53.4 Å². The molecule has 0 fully saturated rings. The number of benzene rings is 2. The highest BCUT2D eigenvalue weighted by molar-refractivity contribution is 5.53. The van der Waals surface area contributed by atoms with Gasteiger partial charge in [-0.2, -0.15) is 10.5 Å². The normalized spacial score (nSPS) is 16.7. The van der Waals surface area contributed by atoms with Crippen molar-refractivity contribution in [2.75, 3.05) is 4.90 Å².